The Morgan fingerprint density at radius 2 is 2.22 bits per heavy atom. The van der Waals surface area contributed by atoms with Crippen LogP contribution in [0.15, 0.2) is 12.2 Å². The molecule has 2 fully saturated rings. The number of hydrogen-bond donors (Lipinski definition) is 0. The van der Waals surface area contributed by atoms with Crippen molar-refractivity contribution >= 4 is 0 Å². The van der Waals surface area contributed by atoms with E-state index in [1.807, 2.05) is 13.8 Å². The van der Waals surface area contributed by atoms with E-state index in [0.29, 0.717) is 12.5 Å². The average Bonchev–Trinajstić information content (AvgIpc) is 2.67. The van der Waals surface area contributed by atoms with Gasteiger partial charge in [-0.25, -0.2) is 0 Å². The van der Waals surface area contributed by atoms with E-state index in [1.54, 1.807) is 0 Å². The van der Waals surface area contributed by atoms with E-state index in [0.717, 1.165) is 32.1 Å². The van der Waals surface area contributed by atoms with Gasteiger partial charge in [0.1, 0.15) is 5.60 Å². The van der Waals surface area contributed by atoms with Crippen LogP contribution in [0.5, 0.6) is 0 Å². The highest BCUT2D eigenvalue weighted by atomic mass is 16.6. The molecular weight excluding hydrogens is 226 g/mol. The molecule has 3 nitrogen and oxygen atoms in total. The van der Waals surface area contributed by atoms with Crippen molar-refractivity contribution in [3.05, 3.63) is 12.2 Å². The fraction of sp³-hybridized carbons (Fsp3) is 0.800. The molecule has 1 unspecified atom stereocenters. The Morgan fingerprint density at radius 3 is 3.00 bits per heavy atom. The smallest absolute Gasteiger partial charge is 0.115 e. The van der Waals surface area contributed by atoms with Gasteiger partial charge in [0.2, 0.25) is 0 Å². The summed E-state index contributed by atoms with van der Waals surface area (Å²) in [5, 5.41) is 8.61. The summed E-state index contributed by atoms with van der Waals surface area (Å²) in [6.45, 7) is 4.00. The molecule has 3 rings (SSSR count). The minimum Gasteiger partial charge on any atom is -0.371 e. The highest BCUT2D eigenvalue weighted by Crippen LogP contribution is 2.46. The van der Waals surface area contributed by atoms with Gasteiger partial charge in [0, 0.05) is 12.8 Å². The first-order chi connectivity index (χ1) is 8.82. The summed E-state index contributed by atoms with van der Waals surface area (Å²) in [6.07, 6.45) is 10.9. The van der Waals surface area contributed by atoms with E-state index in [1.165, 1.54) is 0 Å². The van der Waals surface area contributed by atoms with Crippen molar-refractivity contribution in [2.75, 3.05) is 0 Å². The van der Waals surface area contributed by atoms with Gasteiger partial charge >= 0.3 is 0 Å². The molecule has 2 heterocycles. The van der Waals surface area contributed by atoms with Crippen LogP contribution in [0.4, 0.5) is 0 Å². The topological polar surface area (TPSA) is 42.2 Å². The molecule has 1 aliphatic carbocycles. The molecule has 0 radical (unpaired) electrons. The van der Waals surface area contributed by atoms with Crippen molar-refractivity contribution in [3.8, 4) is 6.07 Å². The van der Waals surface area contributed by atoms with Crippen molar-refractivity contribution in [1.82, 2.24) is 0 Å². The lowest BCUT2D eigenvalue weighted by Crippen LogP contribution is -2.47. The summed E-state index contributed by atoms with van der Waals surface area (Å²) in [7, 11) is 0. The summed E-state index contributed by atoms with van der Waals surface area (Å²) in [5.74, 6) is 0. The molecular formula is C15H23NO2. The normalized spacial score (nSPS) is 40.4. The third kappa shape index (κ3) is 2.46. The second-order valence-electron chi connectivity index (χ2n) is 5.06. The number of nitriles is 1. The zero-order valence-electron chi connectivity index (χ0n) is 11.4. The van der Waals surface area contributed by atoms with Crippen LogP contribution in [0.1, 0.15) is 52.4 Å². The van der Waals surface area contributed by atoms with Gasteiger partial charge in [-0.05, 0) is 25.7 Å². The number of fused-ring (bicyclic) bond motifs is 1. The maximum Gasteiger partial charge on any atom is 0.115 e. The maximum absolute atomic E-state index is 8.61. The minimum absolute atomic E-state index is 0.151. The van der Waals surface area contributed by atoms with Gasteiger partial charge in [-0.2, -0.15) is 5.26 Å². The molecule has 0 aromatic carbocycles. The molecule has 0 saturated carbocycles. The Kier molecular flexibility index (Phi) is 4.42. The molecule has 0 aromatic heterocycles. The molecule has 3 aliphatic rings. The van der Waals surface area contributed by atoms with Gasteiger partial charge < -0.3 is 9.47 Å². The fourth-order valence-electron chi connectivity index (χ4n) is 3.23. The first-order valence-corrected chi connectivity index (χ1v) is 7.20. The van der Waals surface area contributed by atoms with Crippen LogP contribution in [0, 0.1) is 11.3 Å². The molecule has 0 amide bonds. The molecule has 0 N–H and O–H groups in total. The zero-order chi connectivity index (χ0) is 13.0. The average molecular weight is 249 g/mol. The Labute approximate surface area is 110 Å². The van der Waals surface area contributed by atoms with E-state index in [4.69, 9.17) is 14.7 Å². The first-order valence-electron chi connectivity index (χ1n) is 7.20. The van der Waals surface area contributed by atoms with Gasteiger partial charge in [0.25, 0.3) is 0 Å². The minimum atomic E-state index is -0.151. The summed E-state index contributed by atoms with van der Waals surface area (Å²) in [6, 6.07) is 2.20. The standard InChI is InChI=1S/C13H17NO2.C2H6/c14-8-2-4-10-5-6-12-13(16-10)7-1-3-11(9-13)15-12;1-2/h1,7,10-12H,2-6,9H2;1-2H3/t10-,11?,12-,13-;/m0./s1. The predicted molar refractivity (Wildman–Crippen MR) is 70.1 cm³/mol. The van der Waals surface area contributed by atoms with Crippen LogP contribution < -0.4 is 0 Å². The second-order valence-corrected chi connectivity index (χ2v) is 5.06. The third-order valence-corrected chi connectivity index (χ3v) is 3.96. The van der Waals surface area contributed by atoms with Crippen LogP contribution in [0.2, 0.25) is 0 Å². The number of nitrogens with zero attached hydrogens (tertiary/aromatic N) is 1. The maximum atomic E-state index is 8.61. The van der Waals surface area contributed by atoms with E-state index < -0.39 is 0 Å². The summed E-state index contributed by atoms with van der Waals surface area (Å²) < 4.78 is 12.2. The van der Waals surface area contributed by atoms with Crippen LogP contribution in [0.25, 0.3) is 0 Å². The molecule has 2 aliphatic heterocycles. The largest absolute Gasteiger partial charge is 0.371 e. The Hall–Kier alpha value is -0.850. The lowest BCUT2D eigenvalue weighted by Gasteiger charge is -2.40. The van der Waals surface area contributed by atoms with Crippen molar-refractivity contribution in [2.45, 2.75) is 76.3 Å². The molecule has 0 aromatic rings. The van der Waals surface area contributed by atoms with Gasteiger partial charge in [-0.1, -0.05) is 26.0 Å². The third-order valence-electron chi connectivity index (χ3n) is 3.96. The van der Waals surface area contributed by atoms with Crippen LogP contribution in [-0.4, -0.2) is 23.9 Å². The Balaban J connectivity index is 0.000000574. The molecule has 1 spiro atoms. The van der Waals surface area contributed by atoms with Crippen molar-refractivity contribution in [3.63, 3.8) is 0 Å². The number of hydrogen-bond acceptors (Lipinski definition) is 3. The molecule has 2 saturated heterocycles. The second kappa shape index (κ2) is 5.86. The monoisotopic (exact) mass is 249 g/mol. The SMILES string of the molecule is CC.N#CCC[C@H]1CC[C@@H]2OC3CC=C[C@@]2(C3)O1. The predicted octanol–water partition coefficient (Wildman–Crippen LogP) is 3.35. The van der Waals surface area contributed by atoms with Crippen LogP contribution in [0.3, 0.4) is 0 Å². The molecule has 3 heteroatoms. The zero-order valence-corrected chi connectivity index (χ0v) is 11.4. The first kappa shape index (κ1) is 13.6. The van der Waals surface area contributed by atoms with Gasteiger partial charge in [-0.15, -0.1) is 0 Å². The molecule has 4 atom stereocenters. The summed E-state index contributed by atoms with van der Waals surface area (Å²) in [5.41, 5.74) is -0.151. The van der Waals surface area contributed by atoms with E-state index >= 15 is 0 Å². The highest BCUT2D eigenvalue weighted by Gasteiger charge is 2.52. The van der Waals surface area contributed by atoms with E-state index in [-0.39, 0.29) is 17.8 Å². The fourth-order valence-corrected chi connectivity index (χ4v) is 3.23. The highest BCUT2D eigenvalue weighted by molar-refractivity contribution is 5.18. The van der Waals surface area contributed by atoms with Crippen molar-refractivity contribution < 1.29 is 9.47 Å². The lowest BCUT2D eigenvalue weighted by atomic mass is 9.83. The Bertz CT molecular complexity index is 347. The molecule has 2 bridgehead atoms. The number of ether oxygens (including phenoxy) is 2. The quantitative estimate of drug-likeness (QED) is 0.705. The summed E-state index contributed by atoms with van der Waals surface area (Å²) >= 11 is 0. The van der Waals surface area contributed by atoms with Gasteiger partial charge in [0.15, 0.2) is 0 Å². The molecule has 100 valence electrons. The van der Waals surface area contributed by atoms with Crippen LogP contribution in [-0.2, 0) is 9.47 Å². The van der Waals surface area contributed by atoms with Gasteiger partial charge in [-0.3, -0.25) is 0 Å². The van der Waals surface area contributed by atoms with E-state index in [2.05, 4.69) is 18.2 Å². The van der Waals surface area contributed by atoms with Crippen molar-refractivity contribution in [2.24, 2.45) is 0 Å². The lowest BCUT2D eigenvalue weighted by molar-refractivity contribution is -0.139. The Morgan fingerprint density at radius 1 is 1.39 bits per heavy atom. The number of rotatable bonds is 2. The van der Waals surface area contributed by atoms with Gasteiger partial charge in [0.05, 0.1) is 24.4 Å². The van der Waals surface area contributed by atoms with Crippen molar-refractivity contribution in [1.29, 1.82) is 5.26 Å². The summed E-state index contributed by atoms with van der Waals surface area (Å²) in [4.78, 5) is 0. The van der Waals surface area contributed by atoms with Crippen LogP contribution >= 0.6 is 0 Å². The van der Waals surface area contributed by atoms with E-state index in [9.17, 15) is 0 Å². The molecule has 18 heavy (non-hydrogen) atoms.